The molecule has 2 rings (SSSR count). The van der Waals surface area contributed by atoms with Gasteiger partial charge in [-0.25, -0.2) is 0 Å². The Bertz CT molecular complexity index is 398. The molecule has 1 aromatic rings. The highest BCUT2D eigenvalue weighted by molar-refractivity contribution is 5.94. The summed E-state index contributed by atoms with van der Waals surface area (Å²) in [6.07, 6.45) is 4.49. The standard InChI is InChI=1S/C14H19NO/c1-3-10(2)15-14(16)13-8-7-11-5-4-6-12(11)9-13/h7-10H,3-6H2,1-2H3,(H,15,16). The molecule has 1 N–H and O–H groups in total. The second-order valence-corrected chi connectivity index (χ2v) is 4.62. The van der Waals surface area contributed by atoms with Gasteiger partial charge in [-0.15, -0.1) is 0 Å². The Labute approximate surface area is 97.1 Å². The molecule has 86 valence electrons. The zero-order chi connectivity index (χ0) is 11.5. The van der Waals surface area contributed by atoms with Crippen molar-refractivity contribution in [3.63, 3.8) is 0 Å². The molecular formula is C14H19NO. The minimum Gasteiger partial charge on any atom is -0.350 e. The Balaban J connectivity index is 2.12. The minimum atomic E-state index is 0.0593. The van der Waals surface area contributed by atoms with Gasteiger partial charge in [0.2, 0.25) is 0 Å². The van der Waals surface area contributed by atoms with Gasteiger partial charge in [0, 0.05) is 11.6 Å². The van der Waals surface area contributed by atoms with Crippen LogP contribution < -0.4 is 5.32 Å². The third kappa shape index (κ3) is 2.26. The van der Waals surface area contributed by atoms with E-state index in [1.807, 2.05) is 13.0 Å². The third-order valence-electron chi connectivity index (χ3n) is 3.35. The lowest BCUT2D eigenvalue weighted by molar-refractivity contribution is 0.0939. The smallest absolute Gasteiger partial charge is 0.251 e. The molecule has 0 bridgehead atoms. The van der Waals surface area contributed by atoms with E-state index in [0.29, 0.717) is 0 Å². The summed E-state index contributed by atoms with van der Waals surface area (Å²) in [5.74, 6) is 0.0593. The van der Waals surface area contributed by atoms with Crippen molar-refractivity contribution in [2.75, 3.05) is 0 Å². The summed E-state index contributed by atoms with van der Waals surface area (Å²) in [7, 11) is 0. The van der Waals surface area contributed by atoms with Crippen molar-refractivity contribution in [2.24, 2.45) is 0 Å². The highest BCUT2D eigenvalue weighted by atomic mass is 16.1. The van der Waals surface area contributed by atoms with Crippen LogP contribution in [-0.4, -0.2) is 11.9 Å². The largest absolute Gasteiger partial charge is 0.350 e. The average Bonchev–Trinajstić information content (AvgIpc) is 2.75. The second-order valence-electron chi connectivity index (χ2n) is 4.62. The molecule has 0 fully saturated rings. The molecule has 0 spiro atoms. The molecule has 0 saturated carbocycles. The number of hydrogen-bond acceptors (Lipinski definition) is 1. The minimum absolute atomic E-state index is 0.0593. The Morgan fingerprint density at radius 1 is 1.38 bits per heavy atom. The number of carbonyl (C=O) groups excluding carboxylic acids is 1. The molecule has 0 radical (unpaired) electrons. The first-order valence-electron chi connectivity index (χ1n) is 6.13. The van der Waals surface area contributed by atoms with E-state index in [9.17, 15) is 4.79 Å². The van der Waals surface area contributed by atoms with Crippen molar-refractivity contribution in [3.05, 3.63) is 34.9 Å². The Morgan fingerprint density at radius 3 is 2.88 bits per heavy atom. The van der Waals surface area contributed by atoms with Gasteiger partial charge < -0.3 is 5.32 Å². The van der Waals surface area contributed by atoms with Crippen LogP contribution in [0, 0.1) is 0 Å². The molecule has 1 aliphatic carbocycles. The van der Waals surface area contributed by atoms with Crippen LogP contribution in [0.15, 0.2) is 18.2 Å². The van der Waals surface area contributed by atoms with Crippen molar-refractivity contribution in [2.45, 2.75) is 45.6 Å². The Kier molecular flexibility index (Phi) is 3.28. The van der Waals surface area contributed by atoms with E-state index >= 15 is 0 Å². The lowest BCUT2D eigenvalue weighted by Crippen LogP contribution is -2.31. The summed E-state index contributed by atoms with van der Waals surface area (Å²) < 4.78 is 0. The van der Waals surface area contributed by atoms with E-state index < -0.39 is 0 Å². The molecule has 1 aromatic carbocycles. The summed E-state index contributed by atoms with van der Waals surface area (Å²) in [5.41, 5.74) is 3.58. The summed E-state index contributed by atoms with van der Waals surface area (Å²) >= 11 is 0. The Morgan fingerprint density at radius 2 is 2.12 bits per heavy atom. The molecule has 0 saturated heterocycles. The summed E-state index contributed by atoms with van der Waals surface area (Å²) in [6, 6.07) is 6.36. The zero-order valence-corrected chi connectivity index (χ0v) is 10.0. The molecule has 0 heterocycles. The first-order valence-corrected chi connectivity index (χ1v) is 6.13. The monoisotopic (exact) mass is 217 g/mol. The van der Waals surface area contributed by atoms with E-state index in [4.69, 9.17) is 0 Å². The van der Waals surface area contributed by atoms with E-state index in [0.717, 1.165) is 18.4 Å². The fourth-order valence-corrected chi connectivity index (χ4v) is 2.12. The number of fused-ring (bicyclic) bond motifs is 1. The number of benzene rings is 1. The van der Waals surface area contributed by atoms with Crippen molar-refractivity contribution in [1.29, 1.82) is 0 Å². The van der Waals surface area contributed by atoms with Gasteiger partial charge in [0.25, 0.3) is 5.91 Å². The first-order chi connectivity index (χ1) is 7.70. The van der Waals surface area contributed by atoms with Crippen LogP contribution >= 0.6 is 0 Å². The van der Waals surface area contributed by atoms with Gasteiger partial charge in [0.15, 0.2) is 0 Å². The van der Waals surface area contributed by atoms with Crippen LogP contribution in [0.2, 0.25) is 0 Å². The summed E-state index contributed by atoms with van der Waals surface area (Å²) in [5, 5.41) is 3.00. The maximum Gasteiger partial charge on any atom is 0.251 e. The van der Waals surface area contributed by atoms with Crippen LogP contribution in [0.4, 0.5) is 0 Å². The highest BCUT2D eigenvalue weighted by Crippen LogP contribution is 2.22. The van der Waals surface area contributed by atoms with Crippen molar-refractivity contribution in [3.8, 4) is 0 Å². The normalized spacial score (nSPS) is 15.6. The molecule has 2 heteroatoms. The van der Waals surface area contributed by atoms with Crippen LogP contribution in [-0.2, 0) is 12.8 Å². The topological polar surface area (TPSA) is 29.1 Å². The lowest BCUT2D eigenvalue weighted by atomic mass is 10.1. The number of carbonyl (C=O) groups is 1. The molecule has 0 aromatic heterocycles. The molecule has 2 nitrogen and oxygen atoms in total. The molecule has 1 unspecified atom stereocenters. The van der Waals surface area contributed by atoms with Gasteiger partial charge in [-0.05, 0) is 55.9 Å². The number of amides is 1. The van der Waals surface area contributed by atoms with E-state index in [1.165, 1.54) is 24.0 Å². The Hall–Kier alpha value is -1.31. The molecule has 1 amide bonds. The van der Waals surface area contributed by atoms with Crippen molar-refractivity contribution >= 4 is 5.91 Å². The molecule has 1 aliphatic rings. The van der Waals surface area contributed by atoms with E-state index in [1.54, 1.807) is 0 Å². The summed E-state index contributed by atoms with van der Waals surface area (Å²) in [6.45, 7) is 4.11. The predicted molar refractivity (Wildman–Crippen MR) is 65.7 cm³/mol. The van der Waals surface area contributed by atoms with Gasteiger partial charge in [-0.2, -0.15) is 0 Å². The van der Waals surface area contributed by atoms with Crippen LogP contribution in [0.3, 0.4) is 0 Å². The van der Waals surface area contributed by atoms with Gasteiger partial charge in [-0.1, -0.05) is 13.0 Å². The molecule has 16 heavy (non-hydrogen) atoms. The lowest BCUT2D eigenvalue weighted by Gasteiger charge is -2.12. The van der Waals surface area contributed by atoms with Crippen LogP contribution in [0.25, 0.3) is 0 Å². The number of hydrogen-bond donors (Lipinski definition) is 1. The highest BCUT2D eigenvalue weighted by Gasteiger charge is 2.14. The van der Waals surface area contributed by atoms with E-state index in [2.05, 4.69) is 24.4 Å². The second kappa shape index (κ2) is 4.69. The van der Waals surface area contributed by atoms with Crippen LogP contribution in [0.1, 0.15) is 48.2 Å². The van der Waals surface area contributed by atoms with Gasteiger partial charge in [0.1, 0.15) is 0 Å². The van der Waals surface area contributed by atoms with Gasteiger partial charge >= 0.3 is 0 Å². The van der Waals surface area contributed by atoms with Gasteiger partial charge in [-0.3, -0.25) is 4.79 Å². The summed E-state index contributed by atoms with van der Waals surface area (Å²) in [4.78, 5) is 11.9. The number of nitrogens with one attached hydrogen (secondary N) is 1. The first kappa shape index (κ1) is 11.2. The number of aryl methyl sites for hydroxylation is 2. The fourth-order valence-electron chi connectivity index (χ4n) is 2.12. The van der Waals surface area contributed by atoms with Gasteiger partial charge in [0.05, 0.1) is 0 Å². The maximum absolute atomic E-state index is 11.9. The zero-order valence-electron chi connectivity index (χ0n) is 10.0. The predicted octanol–water partition coefficient (Wildman–Crippen LogP) is 2.70. The molecular weight excluding hydrogens is 198 g/mol. The fraction of sp³-hybridized carbons (Fsp3) is 0.500. The maximum atomic E-state index is 11.9. The number of rotatable bonds is 3. The third-order valence-corrected chi connectivity index (χ3v) is 3.35. The van der Waals surface area contributed by atoms with Crippen molar-refractivity contribution < 1.29 is 4.79 Å². The van der Waals surface area contributed by atoms with E-state index in [-0.39, 0.29) is 11.9 Å². The van der Waals surface area contributed by atoms with Crippen LogP contribution in [0.5, 0.6) is 0 Å². The van der Waals surface area contributed by atoms with Crippen molar-refractivity contribution in [1.82, 2.24) is 5.32 Å². The average molecular weight is 217 g/mol. The molecule has 1 atom stereocenters. The molecule has 0 aliphatic heterocycles. The quantitative estimate of drug-likeness (QED) is 0.828. The SMILES string of the molecule is CCC(C)NC(=O)c1ccc2c(c1)CCC2.